The summed E-state index contributed by atoms with van der Waals surface area (Å²) in [5, 5.41) is 11.0. The Labute approximate surface area is 314 Å². The van der Waals surface area contributed by atoms with Crippen LogP contribution in [0.5, 0.6) is 0 Å². The Balaban J connectivity index is 1.38. The van der Waals surface area contributed by atoms with E-state index < -0.39 is 0 Å². The number of nitrogens with zero attached hydrogens (tertiary/aromatic N) is 2. The minimum Gasteiger partial charge on any atom is -0.398 e. The molecule has 5 heteroatoms. The summed E-state index contributed by atoms with van der Waals surface area (Å²) in [6.45, 7) is 12.4. The lowest BCUT2D eigenvalue weighted by Gasteiger charge is -2.15. The highest BCUT2D eigenvalue weighted by Crippen LogP contribution is 2.39. The number of allylic oxidation sites excluding steroid dienone is 8. The van der Waals surface area contributed by atoms with Crippen molar-refractivity contribution in [2.75, 3.05) is 5.73 Å². The number of hydrogen-bond donors (Lipinski definition) is 3. The van der Waals surface area contributed by atoms with Gasteiger partial charge in [0, 0.05) is 38.9 Å². The molecule has 266 valence electrons. The minimum atomic E-state index is 0.130. The van der Waals surface area contributed by atoms with Gasteiger partial charge in [-0.05, 0) is 103 Å². The smallest absolute Gasteiger partial charge is 0.154 e. The lowest BCUT2D eigenvalue weighted by Crippen LogP contribution is -2.16. The Hall–Kier alpha value is -6.20. The number of rotatable bonds is 11. The van der Waals surface area contributed by atoms with Crippen molar-refractivity contribution in [1.82, 2.24) is 4.57 Å². The number of nitrogens with one attached hydrogen (secondary N) is 1. The number of benzene rings is 4. The third-order valence-electron chi connectivity index (χ3n) is 9.75. The summed E-state index contributed by atoms with van der Waals surface area (Å²) in [6.07, 6.45) is 24.8. The second-order valence-electron chi connectivity index (χ2n) is 13.2. The van der Waals surface area contributed by atoms with Gasteiger partial charge in [0.15, 0.2) is 5.84 Å². The van der Waals surface area contributed by atoms with Crippen LogP contribution in [0.4, 0.5) is 5.69 Å². The summed E-state index contributed by atoms with van der Waals surface area (Å²) >= 11 is 0. The van der Waals surface area contributed by atoms with Crippen molar-refractivity contribution in [2.45, 2.75) is 53.4 Å². The number of hydrogen-bond acceptors (Lipinski definition) is 2. The van der Waals surface area contributed by atoms with Crippen molar-refractivity contribution in [3.8, 4) is 11.1 Å². The molecule has 0 bridgehead atoms. The summed E-state index contributed by atoms with van der Waals surface area (Å²) in [6, 6.07) is 25.5. The lowest BCUT2D eigenvalue weighted by atomic mass is 9.96. The lowest BCUT2D eigenvalue weighted by molar-refractivity contribution is 1.02. The van der Waals surface area contributed by atoms with Crippen molar-refractivity contribution in [3.05, 3.63) is 155 Å². The molecule has 0 spiro atoms. The van der Waals surface area contributed by atoms with Crippen LogP contribution in [-0.4, -0.2) is 16.2 Å². The molecule has 0 atom stereocenters. The summed E-state index contributed by atoms with van der Waals surface area (Å²) in [4.78, 5) is 4.39. The van der Waals surface area contributed by atoms with Gasteiger partial charge in [-0.2, -0.15) is 0 Å². The molecule has 0 aliphatic heterocycles. The first kappa shape index (κ1) is 36.6. The number of fused-ring (bicyclic) bond motifs is 3. The first-order valence-corrected chi connectivity index (χ1v) is 18.5. The zero-order chi connectivity index (χ0) is 37.5. The molecule has 53 heavy (non-hydrogen) atoms. The Morgan fingerprint density at radius 1 is 0.887 bits per heavy atom. The van der Waals surface area contributed by atoms with E-state index in [4.69, 9.17) is 16.9 Å². The second-order valence-corrected chi connectivity index (χ2v) is 13.2. The maximum Gasteiger partial charge on any atom is 0.154 e. The van der Waals surface area contributed by atoms with Crippen LogP contribution in [0.15, 0.2) is 132 Å². The minimum absolute atomic E-state index is 0.130. The van der Waals surface area contributed by atoms with Gasteiger partial charge in [0.05, 0.1) is 11.0 Å². The average Bonchev–Trinajstić information content (AvgIpc) is 3.51. The van der Waals surface area contributed by atoms with Gasteiger partial charge in [-0.3, -0.25) is 5.41 Å². The molecule has 0 unspecified atom stereocenters. The summed E-state index contributed by atoms with van der Waals surface area (Å²) in [7, 11) is 0. The fourth-order valence-electron chi connectivity index (χ4n) is 7.11. The Kier molecular flexibility index (Phi) is 11.3. The molecular formula is C48H49N5. The van der Waals surface area contributed by atoms with Crippen molar-refractivity contribution in [3.63, 3.8) is 0 Å². The molecule has 5 N–H and O–H groups in total. The monoisotopic (exact) mass is 695 g/mol. The molecule has 0 radical (unpaired) electrons. The van der Waals surface area contributed by atoms with E-state index in [1.807, 2.05) is 61.6 Å². The molecule has 0 fully saturated rings. The highest BCUT2D eigenvalue weighted by Gasteiger charge is 2.18. The molecule has 0 amide bonds. The first-order chi connectivity index (χ1) is 25.8. The molecule has 4 aromatic carbocycles. The van der Waals surface area contributed by atoms with Crippen LogP contribution >= 0.6 is 0 Å². The molecular weight excluding hydrogens is 647 g/mol. The van der Waals surface area contributed by atoms with E-state index in [9.17, 15) is 0 Å². The highest BCUT2D eigenvalue weighted by molar-refractivity contribution is 6.14. The van der Waals surface area contributed by atoms with E-state index in [0.717, 1.165) is 81.4 Å². The molecule has 1 heterocycles. The predicted molar refractivity (Wildman–Crippen MR) is 233 cm³/mol. The number of aromatic nitrogens is 1. The zero-order valence-electron chi connectivity index (χ0n) is 31.3. The van der Waals surface area contributed by atoms with Gasteiger partial charge in [-0.15, -0.1) is 0 Å². The third kappa shape index (κ3) is 7.56. The number of amidine groups is 2. The van der Waals surface area contributed by atoms with Crippen molar-refractivity contribution in [2.24, 2.45) is 10.7 Å². The molecule has 0 saturated carbocycles. The van der Waals surface area contributed by atoms with Gasteiger partial charge in [0.2, 0.25) is 0 Å². The van der Waals surface area contributed by atoms with Crippen molar-refractivity contribution in [1.29, 1.82) is 5.41 Å². The van der Waals surface area contributed by atoms with Gasteiger partial charge < -0.3 is 16.0 Å². The molecule has 6 rings (SSSR count). The summed E-state index contributed by atoms with van der Waals surface area (Å²) in [5.41, 5.74) is 26.4. The van der Waals surface area contributed by atoms with Gasteiger partial charge in [0.1, 0.15) is 5.84 Å². The normalized spacial score (nSPS) is 14.2. The van der Waals surface area contributed by atoms with Crippen LogP contribution in [-0.2, 0) is 0 Å². The Morgan fingerprint density at radius 2 is 1.62 bits per heavy atom. The Morgan fingerprint density at radius 3 is 2.30 bits per heavy atom. The van der Waals surface area contributed by atoms with E-state index in [1.165, 1.54) is 22.0 Å². The first-order valence-electron chi connectivity index (χ1n) is 18.5. The van der Waals surface area contributed by atoms with E-state index >= 15 is 0 Å². The van der Waals surface area contributed by atoms with Crippen molar-refractivity contribution < 1.29 is 0 Å². The number of nitrogens with two attached hydrogens (primary N) is 2. The molecule has 1 aliphatic carbocycles. The summed E-state index contributed by atoms with van der Waals surface area (Å²) < 4.78 is 2.41. The molecule has 5 nitrogen and oxygen atoms in total. The van der Waals surface area contributed by atoms with E-state index in [2.05, 4.69) is 116 Å². The van der Waals surface area contributed by atoms with E-state index in [0.29, 0.717) is 11.4 Å². The molecule has 5 aromatic rings. The molecule has 1 aromatic heterocycles. The van der Waals surface area contributed by atoms with Crippen LogP contribution in [0.2, 0.25) is 0 Å². The number of aliphatic imine (C=N–C) groups is 1. The maximum atomic E-state index is 8.59. The van der Waals surface area contributed by atoms with Crippen LogP contribution in [0.25, 0.3) is 62.4 Å². The van der Waals surface area contributed by atoms with Crippen LogP contribution in [0.3, 0.4) is 0 Å². The van der Waals surface area contributed by atoms with Crippen LogP contribution in [0.1, 0.15) is 81.2 Å². The van der Waals surface area contributed by atoms with Gasteiger partial charge in [-0.25, -0.2) is 4.99 Å². The predicted octanol–water partition coefficient (Wildman–Crippen LogP) is 12.5. The topological polar surface area (TPSA) is 93.2 Å². The maximum absolute atomic E-state index is 8.59. The highest BCUT2D eigenvalue weighted by atomic mass is 15.0. The van der Waals surface area contributed by atoms with Crippen molar-refractivity contribution >= 4 is 68.7 Å². The fourth-order valence-corrected chi connectivity index (χ4v) is 7.11. The van der Waals surface area contributed by atoms with Crippen LogP contribution < -0.4 is 11.5 Å². The Bertz CT molecular complexity index is 2420. The van der Waals surface area contributed by atoms with E-state index in [1.54, 1.807) is 0 Å². The van der Waals surface area contributed by atoms with E-state index in [-0.39, 0.29) is 5.84 Å². The fraction of sp³-hybridized carbons (Fsp3) is 0.167. The SMILES string of the molecule is C=Cc1c(/C=C\C)ccc2c3ccc(-c4ccc(N)c(/C=C(\CC)c5ccc(C(=N)N=C(N)C(/C=C\C)=C/CC)cc5)c4)cc3n(C3=CCCC=C3)c12. The average molecular weight is 696 g/mol. The van der Waals surface area contributed by atoms with Gasteiger partial charge in [0.25, 0.3) is 0 Å². The van der Waals surface area contributed by atoms with Crippen LogP contribution in [0, 0.1) is 5.41 Å². The quantitative estimate of drug-likeness (QED) is 0.0422. The second kappa shape index (κ2) is 16.4. The largest absolute Gasteiger partial charge is 0.398 e. The zero-order valence-corrected chi connectivity index (χ0v) is 31.3. The number of anilines is 1. The summed E-state index contributed by atoms with van der Waals surface area (Å²) in [5.74, 6) is 0.470. The third-order valence-corrected chi connectivity index (χ3v) is 9.75. The van der Waals surface area contributed by atoms with Gasteiger partial charge in [-0.1, -0.05) is 124 Å². The molecule has 0 saturated heterocycles. The number of nitrogen functional groups attached to an aromatic ring is 1. The standard InChI is InChI=1S/C48H49N5/c1-6-14-34-23-27-43-42-26-24-38(31-45(42)53(46(43)41(34)10-5)40-17-12-11-13-18-40)37-25-28-44(49)39(30-37)29-32(9-4)33-19-21-36(22-20-33)48(51)52-47(50)35(15-7-2)16-8-3/h6-7,10,12,14-31H,5,8-9,11,13,49H2,1-4H3,(H3,50,51,52)/b14-6-,15-7-,32-29+,35-16+. The van der Waals surface area contributed by atoms with Gasteiger partial charge >= 0.3 is 0 Å². The molecule has 1 aliphatic rings.